The number of anilines is 1. The number of nitrogens with one attached hydrogen (secondary N) is 1. The minimum atomic E-state index is -1.04. The van der Waals surface area contributed by atoms with Crippen LogP contribution in [0.2, 0.25) is 0 Å². The Balaban J connectivity index is 1.97. The van der Waals surface area contributed by atoms with Crippen LogP contribution < -0.4 is 9.46 Å². The summed E-state index contributed by atoms with van der Waals surface area (Å²) in [5.74, 6) is -0.904. The van der Waals surface area contributed by atoms with Crippen LogP contribution >= 0.6 is 11.9 Å². The van der Waals surface area contributed by atoms with Crippen molar-refractivity contribution in [3.63, 3.8) is 0 Å². The van der Waals surface area contributed by atoms with Crippen molar-refractivity contribution >= 4 is 23.6 Å². The van der Waals surface area contributed by atoms with E-state index in [4.69, 9.17) is 4.74 Å². The third-order valence-electron chi connectivity index (χ3n) is 3.97. The smallest absolute Gasteiger partial charge is 0.335 e. The Hall–Kier alpha value is -3.50. The number of ether oxygens (including phenoxy) is 1. The highest BCUT2D eigenvalue weighted by Crippen LogP contribution is 2.35. The Morgan fingerprint density at radius 1 is 1.18 bits per heavy atom. The summed E-state index contributed by atoms with van der Waals surface area (Å²) in [6.07, 6.45) is 0. The van der Waals surface area contributed by atoms with Gasteiger partial charge in [-0.3, -0.25) is 0 Å². The van der Waals surface area contributed by atoms with Gasteiger partial charge in [0.25, 0.3) is 0 Å². The first-order valence-electron chi connectivity index (χ1n) is 8.16. The first-order valence-corrected chi connectivity index (χ1v) is 8.97. The maximum absolute atomic E-state index is 13.6. The molecule has 0 saturated carbocycles. The number of carboxylic acids is 1. The Bertz CT molecular complexity index is 1080. The van der Waals surface area contributed by atoms with Crippen molar-refractivity contribution in [2.45, 2.75) is 4.90 Å². The van der Waals surface area contributed by atoms with Gasteiger partial charge in [-0.15, -0.1) is 0 Å². The zero-order chi connectivity index (χ0) is 20.1. The standard InChI is InChI=1S/C21H15FN2O3S/c1-27-19-8-6-15(21(25)26)11-20(19)28-24-18-9-13(12-23)5-7-17(18)14-3-2-4-16(22)10-14/h2-11,24H,1H3,(H,25,26). The fourth-order valence-electron chi connectivity index (χ4n) is 2.61. The number of benzene rings is 3. The van der Waals surface area contributed by atoms with Crippen molar-refractivity contribution in [2.75, 3.05) is 11.8 Å². The normalized spacial score (nSPS) is 10.2. The van der Waals surface area contributed by atoms with Crippen LogP contribution in [0.15, 0.2) is 65.6 Å². The first kappa shape index (κ1) is 19.3. The Morgan fingerprint density at radius 3 is 2.68 bits per heavy atom. The second-order valence-corrected chi connectivity index (χ2v) is 6.61. The number of hydrogen-bond acceptors (Lipinski definition) is 5. The van der Waals surface area contributed by atoms with Crippen LogP contribution in [0.5, 0.6) is 5.75 Å². The fourth-order valence-corrected chi connectivity index (χ4v) is 3.43. The van der Waals surface area contributed by atoms with E-state index in [1.165, 1.54) is 31.4 Å². The lowest BCUT2D eigenvalue weighted by atomic mass is 10.0. The van der Waals surface area contributed by atoms with Crippen molar-refractivity contribution in [1.82, 2.24) is 0 Å². The molecular formula is C21H15FN2O3S. The molecule has 0 atom stereocenters. The molecule has 140 valence electrons. The first-order chi connectivity index (χ1) is 13.5. The number of rotatable bonds is 6. The fraction of sp³-hybridized carbons (Fsp3) is 0.0476. The van der Waals surface area contributed by atoms with E-state index in [1.54, 1.807) is 36.4 Å². The van der Waals surface area contributed by atoms with Crippen LogP contribution in [0.1, 0.15) is 15.9 Å². The number of hydrogen-bond donors (Lipinski definition) is 2. The molecular weight excluding hydrogens is 379 g/mol. The third-order valence-corrected chi connectivity index (χ3v) is 4.83. The van der Waals surface area contributed by atoms with Gasteiger partial charge in [0.05, 0.1) is 34.9 Å². The van der Waals surface area contributed by atoms with E-state index in [-0.39, 0.29) is 11.4 Å². The molecule has 0 aromatic heterocycles. The van der Waals surface area contributed by atoms with Crippen molar-refractivity contribution in [2.24, 2.45) is 0 Å². The van der Waals surface area contributed by atoms with Crippen LogP contribution in [0, 0.1) is 17.1 Å². The lowest BCUT2D eigenvalue weighted by Gasteiger charge is -2.14. The summed E-state index contributed by atoms with van der Waals surface area (Å²) >= 11 is 1.15. The highest BCUT2D eigenvalue weighted by Gasteiger charge is 2.12. The summed E-state index contributed by atoms with van der Waals surface area (Å²) in [4.78, 5) is 11.8. The number of aromatic carboxylic acids is 1. The van der Waals surface area contributed by atoms with Crippen LogP contribution in [0.3, 0.4) is 0 Å². The SMILES string of the molecule is COc1ccc(C(=O)O)cc1SNc1cc(C#N)ccc1-c1cccc(F)c1. The molecule has 0 saturated heterocycles. The van der Waals surface area contributed by atoms with Crippen molar-refractivity contribution in [3.8, 4) is 22.9 Å². The monoisotopic (exact) mass is 394 g/mol. The Morgan fingerprint density at radius 2 is 2.00 bits per heavy atom. The number of methoxy groups -OCH3 is 1. The molecule has 0 aliphatic heterocycles. The minimum Gasteiger partial charge on any atom is -0.496 e. The molecule has 0 aliphatic rings. The van der Waals surface area contributed by atoms with Crippen molar-refractivity contribution < 1.29 is 19.0 Å². The predicted octanol–water partition coefficient (Wildman–Crippen LogP) is 5.19. The van der Waals surface area contributed by atoms with Crippen molar-refractivity contribution in [3.05, 3.63) is 77.6 Å². The zero-order valence-electron chi connectivity index (χ0n) is 14.8. The quantitative estimate of drug-likeness (QED) is 0.560. The molecule has 0 radical (unpaired) electrons. The molecule has 3 aromatic rings. The average Bonchev–Trinajstić information content (AvgIpc) is 2.71. The molecule has 0 bridgehead atoms. The van der Waals surface area contributed by atoms with Gasteiger partial charge in [0.2, 0.25) is 0 Å². The molecule has 0 heterocycles. The third kappa shape index (κ3) is 4.24. The second-order valence-electron chi connectivity index (χ2n) is 5.76. The predicted molar refractivity (Wildman–Crippen MR) is 106 cm³/mol. The molecule has 3 aromatic carbocycles. The van der Waals surface area contributed by atoms with E-state index in [0.29, 0.717) is 33.0 Å². The lowest BCUT2D eigenvalue weighted by molar-refractivity contribution is 0.0696. The zero-order valence-corrected chi connectivity index (χ0v) is 15.6. The van der Waals surface area contributed by atoms with E-state index in [1.807, 2.05) is 0 Å². The molecule has 3 rings (SSSR count). The molecule has 28 heavy (non-hydrogen) atoms. The van der Waals surface area contributed by atoms with E-state index in [2.05, 4.69) is 10.8 Å². The van der Waals surface area contributed by atoms with Gasteiger partial charge < -0.3 is 14.6 Å². The summed E-state index contributed by atoms with van der Waals surface area (Å²) in [5.41, 5.74) is 2.52. The van der Waals surface area contributed by atoms with Gasteiger partial charge >= 0.3 is 5.97 Å². The van der Waals surface area contributed by atoms with Gasteiger partial charge in [-0.2, -0.15) is 5.26 Å². The van der Waals surface area contributed by atoms with Crippen molar-refractivity contribution in [1.29, 1.82) is 5.26 Å². The number of nitrogens with zero attached hydrogens (tertiary/aromatic N) is 1. The van der Waals surface area contributed by atoms with Gasteiger partial charge in [0.1, 0.15) is 11.6 Å². The van der Waals surface area contributed by atoms with Crippen LogP contribution in [-0.4, -0.2) is 18.2 Å². The Labute approximate surface area is 165 Å². The highest BCUT2D eigenvalue weighted by atomic mass is 32.2. The van der Waals surface area contributed by atoms with Gasteiger partial charge in [-0.05, 0) is 60.0 Å². The topological polar surface area (TPSA) is 82.3 Å². The Kier molecular flexibility index (Phi) is 5.82. The number of carbonyl (C=O) groups is 1. The summed E-state index contributed by atoms with van der Waals surface area (Å²) < 4.78 is 22.1. The number of halogens is 1. The maximum Gasteiger partial charge on any atom is 0.335 e. The molecule has 0 amide bonds. The van der Waals surface area contributed by atoms with Gasteiger partial charge in [-0.25, -0.2) is 9.18 Å². The molecule has 0 aliphatic carbocycles. The van der Waals surface area contributed by atoms with Gasteiger partial charge in [0.15, 0.2) is 0 Å². The summed E-state index contributed by atoms with van der Waals surface area (Å²) in [6.45, 7) is 0. The summed E-state index contributed by atoms with van der Waals surface area (Å²) in [6, 6.07) is 17.8. The summed E-state index contributed by atoms with van der Waals surface area (Å²) in [5, 5.41) is 18.4. The van der Waals surface area contributed by atoms with E-state index < -0.39 is 5.97 Å². The molecule has 0 spiro atoms. The molecule has 7 heteroatoms. The largest absolute Gasteiger partial charge is 0.496 e. The van der Waals surface area contributed by atoms with Gasteiger partial charge in [0, 0.05) is 5.56 Å². The van der Waals surface area contributed by atoms with Crippen LogP contribution in [-0.2, 0) is 0 Å². The molecule has 5 nitrogen and oxygen atoms in total. The lowest BCUT2D eigenvalue weighted by Crippen LogP contribution is -1.99. The molecule has 2 N–H and O–H groups in total. The number of carboxylic acid groups (broad SMARTS) is 1. The molecule has 0 fully saturated rings. The van der Waals surface area contributed by atoms with Gasteiger partial charge in [-0.1, -0.05) is 18.2 Å². The summed E-state index contributed by atoms with van der Waals surface area (Å²) in [7, 11) is 1.49. The van der Waals surface area contributed by atoms with Crippen LogP contribution in [0.25, 0.3) is 11.1 Å². The average molecular weight is 394 g/mol. The second kappa shape index (κ2) is 8.46. The number of nitriles is 1. The van der Waals surface area contributed by atoms with Crippen LogP contribution in [0.4, 0.5) is 10.1 Å². The highest BCUT2D eigenvalue weighted by molar-refractivity contribution is 8.00. The van der Waals surface area contributed by atoms with E-state index in [0.717, 1.165) is 11.9 Å². The minimum absolute atomic E-state index is 0.126. The van der Waals surface area contributed by atoms with E-state index >= 15 is 0 Å². The molecule has 0 unspecified atom stereocenters. The maximum atomic E-state index is 13.6. The van der Waals surface area contributed by atoms with E-state index in [9.17, 15) is 19.6 Å².